The molecule has 0 saturated heterocycles. The lowest BCUT2D eigenvalue weighted by Crippen LogP contribution is -2.24. The van der Waals surface area contributed by atoms with Crippen molar-refractivity contribution in [2.24, 2.45) is 5.10 Å². The summed E-state index contributed by atoms with van der Waals surface area (Å²) in [7, 11) is 0. The van der Waals surface area contributed by atoms with Crippen molar-refractivity contribution in [3.8, 4) is 0 Å². The summed E-state index contributed by atoms with van der Waals surface area (Å²) in [6.45, 7) is 1.44. The molecule has 7 nitrogen and oxygen atoms in total. The molecule has 0 fully saturated rings. The van der Waals surface area contributed by atoms with Crippen molar-refractivity contribution in [3.63, 3.8) is 0 Å². The Morgan fingerprint density at radius 3 is 2.64 bits per heavy atom. The number of nitrogens with zero attached hydrogens (tertiary/aromatic N) is 3. The van der Waals surface area contributed by atoms with Gasteiger partial charge in [-0.2, -0.15) is 5.10 Å². The topological polar surface area (TPSA) is 89.0 Å². The Morgan fingerprint density at radius 1 is 1.36 bits per heavy atom. The van der Waals surface area contributed by atoms with Crippen LogP contribution in [0.25, 0.3) is 0 Å². The predicted molar refractivity (Wildman–Crippen MR) is 78.2 cm³/mol. The lowest BCUT2D eigenvalue weighted by atomic mass is 10.0. The highest BCUT2D eigenvalue weighted by Gasteiger charge is 2.32. The third kappa shape index (κ3) is 2.48. The van der Waals surface area contributed by atoms with Crippen LogP contribution in [0, 0.1) is 10.1 Å². The maximum Gasteiger partial charge on any atom is 0.269 e. The van der Waals surface area contributed by atoms with E-state index in [1.807, 2.05) is 0 Å². The number of hydrogen-bond acceptors (Lipinski definition) is 5. The molecule has 2 heterocycles. The first kappa shape index (κ1) is 14.0. The van der Waals surface area contributed by atoms with Crippen molar-refractivity contribution in [3.05, 3.63) is 64.1 Å². The van der Waals surface area contributed by atoms with Crippen molar-refractivity contribution in [1.82, 2.24) is 5.01 Å². The molecule has 1 amide bonds. The highest BCUT2D eigenvalue weighted by molar-refractivity contribution is 6.00. The van der Waals surface area contributed by atoms with Crippen LogP contribution in [0.5, 0.6) is 0 Å². The molecule has 0 saturated carbocycles. The van der Waals surface area contributed by atoms with Gasteiger partial charge < -0.3 is 4.42 Å². The fourth-order valence-corrected chi connectivity index (χ4v) is 2.47. The number of benzene rings is 1. The van der Waals surface area contributed by atoms with E-state index in [1.165, 1.54) is 24.1 Å². The van der Waals surface area contributed by atoms with Gasteiger partial charge in [0.15, 0.2) is 0 Å². The zero-order chi connectivity index (χ0) is 15.7. The second kappa shape index (κ2) is 5.44. The predicted octanol–water partition coefficient (Wildman–Crippen LogP) is 2.89. The summed E-state index contributed by atoms with van der Waals surface area (Å²) in [6, 6.07) is 9.43. The summed E-state index contributed by atoms with van der Waals surface area (Å²) >= 11 is 0. The highest BCUT2D eigenvalue weighted by atomic mass is 16.6. The standard InChI is InChI=1S/C15H13N3O4/c1-10(19)17-14(9-13(16-17)15-3-2-8-22-15)11-4-6-12(7-5-11)18(20)21/h2-8,14H,9H2,1H3. The molecule has 22 heavy (non-hydrogen) atoms. The van der Waals surface area contributed by atoms with Crippen molar-refractivity contribution >= 4 is 17.3 Å². The number of hydrazone groups is 1. The molecule has 1 aliphatic heterocycles. The van der Waals surface area contributed by atoms with Gasteiger partial charge in [-0.1, -0.05) is 12.1 Å². The number of nitro groups is 1. The summed E-state index contributed by atoms with van der Waals surface area (Å²) in [5.74, 6) is 0.431. The van der Waals surface area contributed by atoms with Gasteiger partial charge in [-0.05, 0) is 17.7 Å². The van der Waals surface area contributed by atoms with Crippen LogP contribution >= 0.6 is 0 Å². The van der Waals surface area contributed by atoms with E-state index >= 15 is 0 Å². The third-order valence-electron chi connectivity index (χ3n) is 3.53. The monoisotopic (exact) mass is 299 g/mol. The Balaban J connectivity index is 1.90. The van der Waals surface area contributed by atoms with E-state index < -0.39 is 4.92 Å². The molecule has 1 unspecified atom stereocenters. The Kier molecular flexibility index (Phi) is 3.46. The maximum absolute atomic E-state index is 11.8. The smallest absolute Gasteiger partial charge is 0.269 e. The molecule has 0 spiro atoms. The van der Waals surface area contributed by atoms with Gasteiger partial charge in [0.1, 0.15) is 11.5 Å². The number of carbonyl (C=O) groups excluding carboxylic acids is 1. The van der Waals surface area contributed by atoms with Gasteiger partial charge in [0.2, 0.25) is 5.91 Å². The number of furan rings is 1. The maximum atomic E-state index is 11.8. The molecule has 0 radical (unpaired) electrons. The second-order valence-electron chi connectivity index (χ2n) is 4.96. The molecule has 1 atom stereocenters. The first-order valence-electron chi connectivity index (χ1n) is 6.72. The molecule has 1 aromatic carbocycles. The molecule has 0 aliphatic carbocycles. The molecule has 3 rings (SSSR count). The van der Waals surface area contributed by atoms with Gasteiger partial charge in [0.05, 0.1) is 17.2 Å². The summed E-state index contributed by atoms with van der Waals surface area (Å²) in [4.78, 5) is 22.1. The fourth-order valence-electron chi connectivity index (χ4n) is 2.47. The number of carbonyl (C=O) groups is 1. The Labute approximate surface area is 126 Å². The number of hydrogen-bond donors (Lipinski definition) is 0. The van der Waals surface area contributed by atoms with Crippen LogP contribution < -0.4 is 0 Å². The minimum atomic E-state index is -0.452. The molecule has 2 aromatic rings. The van der Waals surface area contributed by atoms with Gasteiger partial charge in [-0.25, -0.2) is 5.01 Å². The third-order valence-corrected chi connectivity index (χ3v) is 3.53. The van der Waals surface area contributed by atoms with E-state index in [9.17, 15) is 14.9 Å². The second-order valence-corrected chi connectivity index (χ2v) is 4.96. The summed E-state index contributed by atoms with van der Waals surface area (Å²) in [5, 5.41) is 16.4. The van der Waals surface area contributed by atoms with E-state index in [2.05, 4.69) is 5.10 Å². The lowest BCUT2D eigenvalue weighted by molar-refractivity contribution is -0.384. The minimum absolute atomic E-state index is 0.0169. The average molecular weight is 299 g/mol. The molecule has 112 valence electrons. The zero-order valence-corrected chi connectivity index (χ0v) is 11.8. The van der Waals surface area contributed by atoms with E-state index in [-0.39, 0.29) is 17.6 Å². The number of amides is 1. The van der Waals surface area contributed by atoms with Gasteiger partial charge in [-0.3, -0.25) is 14.9 Å². The molecular weight excluding hydrogens is 286 g/mol. The van der Waals surface area contributed by atoms with Crippen molar-refractivity contribution in [2.45, 2.75) is 19.4 Å². The van der Waals surface area contributed by atoms with Crippen LogP contribution in [0.15, 0.2) is 52.2 Å². The zero-order valence-electron chi connectivity index (χ0n) is 11.8. The van der Waals surface area contributed by atoms with E-state index in [0.29, 0.717) is 17.9 Å². The fraction of sp³-hybridized carbons (Fsp3) is 0.200. The number of nitro benzene ring substituents is 1. The summed E-state index contributed by atoms with van der Waals surface area (Å²) in [6.07, 6.45) is 2.06. The molecular formula is C15H13N3O4. The van der Waals surface area contributed by atoms with Crippen molar-refractivity contribution in [2.75, 3.05) is 0 Å². The van der Waals surface area contributed by atoms with Crippen molar-refractivity contribution in [1.29, 1.82) is 0 Å². The Bertz CT molecular complexity index is 735. The Morgan fingerprint density at radius 2 is 2.09 bits per heavy atom. The molecule has 0 bridgehead atoms. The summed E-state index contributed by atoms with van der Waals surface area (Å²) < 4.78 is 5.32. The number of non-ortho nitro benzene ring substituents is 1. The molecule has 0 N–H and O–H groups in total. The first-order valence-corrected chi connectivity index (χ1v) is 6.72. The van der Waals surface area contributed by atoms with Gasteiger partial charge in [0, 0.05) is 25.5 Å². The van der Waals surface area contributed by atoms with Crippen LogP contribution in [0.1, 0.15) is 30.7 Å². The first-order chi connectivity index (χ1) is 10.6. The van der Waals surface area contributed by atoms with Gasteiger partial charge in [0.25, 0.3) is 5.69 Å². The van der Waals surface area contributed by atoms with Gasteiger partial charge in [-0.15, -0.1) is 0 Å². The van der Waals surface area contributed by atoms with E-state index in [1.54, 1.807) is 30.5 Å². The van der Waals surface area contributed by atoms with E-state index in [0.717, 1.165) is 5.56 Å². The van der Waals surface area contributed by atoms with Crippen LogP contribution in [0.2, 0.25) is 0 Å². The quantitative estimate of drug-likeness (QED) is 0.643. The summed E-state index contributed by atoms with van der Waals surface area (Å²) in [5.41, 5.74) is 1.50. The normalized spacial score (nSPS) is 17.4. The van der Waals surface area contributed by atoms with Crippen molar-refractivity contribution < 1.29 is 14.1 Å². The highest BCUT2D eigenvalue weighted by Crippen LogP contribution is 2.33. The van der Waals surface area contributed by atoms with Crippen LogP contribution in [0.4, 0.5) is 5.69 Å². The minimum Gasteiger partial charge on any atom is -0.463 e. The lowest BCUT2D eigenvalue weighted by Gasteiger charge is -2.20. The number of rotatable bonds is 3. The van der Waals surface area contributed by atoms with Crippen LogP contribution in [-0.4, -0.2) is 21.6 Å². The SMILES string of the molecule is CC(=O)N1N=C(c2ccco2)CC1c1ccc([N+](=O)[O-])cc1. The van der Waals surface area contributed by atoms with Gasteiger partial charge >= 0.3 is 0 Å². The Hall–Kier alpha value is -2.96. The molecule has 1 aromatic heterocycles. The largest absolute Gasteiger partial charge is 0.463 e. The van der Waals surface area contributed by atoms with E-state index in [4.69, 9.17) is 4.42 Å². The molecule has 1 aliphatic rings. The average Bonchev–Trinajstić information content (AvgIpc) is 3.16. The molecule has 7 heteroatoms. The van der Waals surface area contributed by atoms with Crippen LogP contribution in [-0.2, 0) is 4.79 Å². The van der Waals surface area contributed by atoms with Crippen LogP contribution in [0.3, 0.4) is 0 Å².